The predicted octanol–water partition coefficient (Wildman–Crippen LogP) is 13.5. The van der Waals surface area contributed by atoms with E-state index in [1.165, 1.54) is 94.7 Å². The fraction of sp³-hybridized carbons (Fsp3) is 0.727. The number of hydrogen-bond donors (Lipinski definition) is 2. The van der Waals surface area contributed by atoms with Crippen LogP contribution in [-0.2, 0) is 57.1 Å². The molecule has 5 amide bonds. The van der Waals surface area contributed by atoms with Crippen LogP contribution in [-0.4, -0.2) is 109 Å². The quantitative estimate of drug-likeness (QED) is 0.0609. The predicted molar refractivity (Wildman–Crippen MR) is 316 cm³/mol. The largest absolute Gasteiger partial charge is 0.477 e. The van der Waals surface area contributed by atoms with Gasteiger partial charge < -0.3 is 34.6 Å². The molecule has 4 saturated carbocycles. The summed E-state index contributed by atoms with van der Waals surface area (Å²) in [5, 5.41) is 5.13. The number of unbranched alkanes of at least 4 members (excludes halogenated alkanes) is 1. The van der Waals surface area contributed by atoms with E-state index in [4.69, 9.17) is 14.2 Å². The molecule has 2 aromatic rings. The Hall–Kier alpha value is -5.11. The summed E-state index contributed by atoms with van der Waals surface area (Å²) < 4.78 is 109. The third kappa shape index (κ3) is 19.0. The topological polar surface area (TPSA) is 156 Å². The summed E-state index contributed by atoms with van der Waals surface area (Å²) in [4.78, 5) is 67.3. The number of carbonyl (C=O) groups is 5. The van der Waals surface area contributed by atoms with Crippen molar-refractivity contribution in [1.82, 2.24) is 20.4 Å². The summed E-state index contributed by atoms with van der Waals surface area (Å²) in [5.74, 6) is 2.66. The van der Waals surface area contributed by atoms with E-state index in [1.807, 2.05) is 26.8 Å². The Labute approximate surface area is 505 Å². The maximum absolute atomic E-state index is 13.2. The van der Waals surface area contributed by atoms with Crippen molar-refractivity contribution >= 4 is 35.9 Å². The Bertz CT molecular complexity index is 2570. The maximum atomic E-state index is 13.2. The van der Waals surface area contributed by atoms with E-state index < -0.39 is 65.3 Å². The van der Waals surface area contributed by atoms with Crippen molar-refractivity contribution < 1.29 is 68.9 Å². The highest BCUT2D eigenvalue weighted by molar-refractivity contribution is 6.35. The number of halogens is 7. The first-order chi connectivity index (χ1) is 40.4. The molecule has 20 heteroatoms. The second kappa shape index (κ2) is 30.4. The Balaban J connectivity index is 0.000000244. The molecule has 5 fully saturated rings. The van der Waals surface area contributed by atoms with Gasteiger partial charge in [-0.25, -0.2) is 4.39 Å². The average Bonchev–Trinajstić information content (AvgIpc) is 2.18. The van der Waals surface area contributed by atoms with Gasteiger partial charge in [0, 0.05) is 45.8 Å². The number of piperidine rings is 1. The lowest BCUT2D eigenvalue weighted by Crippen LogP contribution is -2.54. The lowest BCUT2D eigenvalue weighted by molar-refractivity contribution is -0.148. The standard InChI is InChI=1S/C31H50N2O3.C28H39F6N3O5.C7H7F/c1-20(2)7-5-6-8-21-10-12-25-24-11-9-22-17-23(36-28-18-27(32-19-34)29(35)33-28)13-15-31(22,4)26(24)14-16-30(21,25)3;1-6-11-41-18(2)16-42-26(3,4)17-35-23(38)25(40)37-9-7-20(8-10-37)24(39)36(5)15-19-12-21(27(29,30)31)14-22(13-19)28(32,33)34;1-6-3-2-4-7(8)5-6/h19-27H,5-18H2,1-4H3,(H,32,34);12-14,18,20H,6-11,15-17H2,1-5H3,(H,35,38);2-5H,1H3. The van der Waals surface area contributed by atoms with Gasteiger partial charge >= 0.3 is 24.2 Å². The van der Waals surface area contributed by atoms with Crippen LogP contribution in [0.3, 0.4) is 0 Å². The number of benzene rings is 2. The van der Waals surface area contributed by atoms with E-state index in [1.54, 1.807) is 19.9 Å². The molecule has 1 saturated heterocycles. The summed E-state index contributed by atoms with van der Waals surface area (Å²) in [6.07, 6.45) is 9.95. The zero-order valence-electron chi connectivity index (χ0n) is 52.4. The van der Waals surface area contributed by atoms with E-state index in [0.717, 1.165) is 65.2 Å². The van der Waals surface area contributed by atoms with Crippen LogP contribution < -0.4 is 10.6 Å². The van der Waals surface area contributed by atoms with Crippen molar-refractivity contribution in [2.75, 3.05) is 39.9 Å². The lowest BCUT2D eigenvalue weighted by atomic mass is 9.44. The molecule has 0 aromatic heterocycles. The number of aryl methyl sites for hydroxylation is 1. The van der Waals surface area contributed by atoms with Gasteiger partial charge in [-0.05, 0) is 199 Å². The van der Waals surface area contributed by atoms with Gasteiger partial charge in [-0.3, -0.25) is 24.0 Å². The van der Waals surface area contributed by atoms with Crippen LogP contribution in [0.15, 0.2) is 47.5 Å². The van der Waals surface area contributed by atoms with Crippen LogP contribution in [0.2, 0.25) is 0 Å². The molecule has 0 radical (unpaired) electrons. The molecule has 2 N–H and O–H groups in total. The number of alkyl halides is 6. The first-order valence-electron chi connectivity index (χ1n) is 31.4. The third-order valence-electron chi connectivity index (χ3n) is 19.6. The SMILES string of the molecule is CC(C)CCCCC1CCC2C3CCC4CC(OC5=NC(=O)C(NC=O)C5)CCC4(C)C3CCC12C.CCCOC(C)COC(C)(C)CNC(=O)C(=O)N1CCC(C(=O)N(C)Cc2cc(C(F)(F)F)cc(C(F)(F)F)c2)CC1.Cc1cccc(F)c1. The summed E-state index contributed by atoms with van der Waals surface area (Å²) in [6.45, 7) is 20.0. The van der Waals surface area contributed by atoms with Crippen LogP contribution >= 0.6 is 0 Å². The van der Waals surface area contributed by atoms with E-state index in [9.17, 15) is 54.7 Å². The Morgan fingerprint density at radius 1 is 0.872 bits per heavy atom. The summed E-state index contributed by atoms with van der Waals surface area (Å²) in [5.41, 5.74) is -2.00. The van der Waals surface area contributed by atoms with Gasteiger partial charge in [-0.15, -0.1) is 0 Å². The third-order valence-corrected chi connectivity index (χ3v) is 19.6. The average molecular weight is 1220 g/mol. The number of fused-ring (bicyclic) bond motifs is 5. The van der Waals surface area contributed by atoms with Crippen molar-refractivity contribution in [1.29, 1.82) is 0 Å². The van der Waals surface area contributed by atoms with Gasteiger partial charge in [0.15, 0.2) is 5.90 Å². The Morgan fingerprint density at radius 2 is 1.53 bits per heavy atom. The number of aliphatic imine (C=N–C) groups is 1. The molecule has 2 heterocycles. The second-order valence-corrected chi connectivity index (χ2v) is 27.0. The van der Waals surface area contributed by atoms with E-state index in [0.29, 0.717) is 54.9 Å². The normalized spacial score (nSPS) is 27.0. The molecule has 482 valence electrons. The molecule has 86 heavy (non-hydrogen) atoms. The highest BCUT2D eigenvalue weighted by atomic mass is 19.4. The number of amides is 5. The van der Waals surface area contributed by atoms with E-state index >= 15 is 0 Å². The molecule has 13 nitrogen and oxygen atoms in total. The van der Waals surface area contributed by atoms with E-state index in [-0.39, 0.29) is 68.0 Å². The number of rotatable bonds is 19. The van der Waals surface area contributed by atoms with Gasteiger partial charge in [-0.1, -0.05) is 66.0 Å². The Kier molecular flexibility index (Phi) is 24.7. The van der Waals surface area contributed by atoms with Gasteiger partial charge in [-0.2, -0.15) is 31.3 Å². The number of nitrogens with zero attached hydrogens (tertiary/aromatic N) is 3. The number of ether oxygens (including phenoxy) is 3. The minimum Gasteiger partial charge on any atom is -0.477 e. The van der Waals surface area contributed by atoms with Crippen LogP contribution in [0.1, 0.15) is 187 Å². The van der Waals surface area contributed by atoms with Crippen molar-refractivity contribution in [3.05, 3.63) is 70.5 Å². The molecule has 2 aliphatic heterocycles. The highest BCUT2D eigenvalue weighted by Gasteiger charge is 2.60. The highest BCUT2D eigenvalue weighted by Crippen LogP contribution is 2.68. The minimum atomic E-state index is -4.99. The molecule has 10 atom stereocenters. The van der Waals surface area contributed by atoms with Crippen LogP contribution in [0.5, 0.6) is 0 Å². The fourth-order valence-electron chi connectivity index (χ4n) is 14.8. The summed E-state index contributed by atoms with van der Waals surface area (Å²) in [6, 6.07) is 7.18. The van der Waals surface area contributed by atoms with Gasteiger partial charge in [0.25, 0.3) is 5.91 Å². The fourth-order valence-corrected chi connectivity index (χ4v) is 14.8. The first-order valence-corrected chi connectivity index (χ1v) is 31.4. The van der Waals surface area contributed by atoms with Crippen molar-refractivity contribution in [2.45, 2.75) is 214 Å². The molecular weight excluding hydrogens is 1120 g/mol. The molecule has 4 aliphatic carbocycles. The minimum absolute atomic E-state index is 0.0340. The summed E-state index contributed by atoms with van der Waals surface area (Å²) in [7, 11) is 1.29. The van der Waals surface area contributed by atoms with Gasteiger partial charge in [0.1, 0.15) is 18.0 Å². The van der Waals surface area contributed by atoms with Crippen LogP contribution in [0.4, 0.5) is 30.7 Å². The van der Waals surface area contributed by atoms with Crippen molar-refractivity contribution in [3.8, 4) is 0 Å². The maximum Gasteiger partial charge on any atom is 0.416 e. The second-order valence-electron chi connectivity index (χ2n) is 27.0. The summed E-state index contributed by atoms with van der Waals surface area (Å²) >= 11 is 0. The number of hydrogen-bond acceptors (Lipinski definition) is 8. The van der Waals surface area contributed by atoms with E-state index in [2.05, 4.69) is 43.3 Å². The molecule has 0 bridgehead atoms. The molecular formula is C66H96F7N5O8. The first kappa shape index (κ1) is 70.0. The molecule has 6 aliphatic rings. The van der Waals surface area contributed by atoms with Crippen LogP contribution in [0, 0.1) is 65.0 Å². The smallest absolute Gasteiger partial charge is 0.416 e. The lowest BCUT2D eigenvalue weighted by Gasteiger charge is -2.61. The zero-order chi connectivity index (χ0) is 63.4. The zero-order valence-corrected chi connectivity index (χ0v) is 52.4. The van der Waals surface area contributed by atoms with Gasteiger partial charge in [0.2, 0.25) is 12.3 Å². The molecule has 2 aromatic carbocycles. The molecule has 10 unspecified atom stereocenters. The Morgan fingerprint density at radius 3 is 2.14 bits per heavy atom. The van der Waals surface area contributed by atoms with Gasteiger partial charge in [0.05, 0.1) is 35.9 Å². The molecule has 0 spiro atoms. The van der Waals surface area contributed by atoms with Crippen LogP contribution in [0.25, 0.3) is 0 Å². The monoisotopic (exact) mass is 1220 g/mol. The number of likely N-dealkylation sites (tertiary alicyclic amines) is 1. The molecule has 8 rings (SSSR count). The van der Waals surface area contributed by atoms with Crippen molar-refractivity contribution in [3.63, 3.8) is 0 Å². The number of carbonyl (C=O) groups excluding carboxylic acids is 5. The van der Waals surface area contributed by atoms with Crippen molar-refractivity contribution in [2.24, 2.45) is 57.2 Å². The number of nitrogens with one attached hydrogen (secondary N) is 2.